The van der Waals surface area contributed by atoms with E-state index in [0.29, 0.717) is 25.3 Å². The van der Waals surface area contributed by atoms with Gasteiger partial charge in [-0.2, -0.15) is 0 Å². The van der Waals surface area contributed by atoms with E-state index in [2.05, 4.69) is 26.1 Å². The number of hydrogen-bond donors (Lipinski definition) is 1. The normalized spacial score (nSPS) is 15.0. The van der Waals surface area contributed by atoms with Gasteiger partial charge in [0.25, 0.3) is 11.8 Å². The first kappa shape index (κ1) is 21.9. The van der Waals surface area contributed by atoms with Crippen LogP contribution < -0.4 is 10.1 Å². The second-order valence-electron chi connectivity index (χ2n) is 8.82. The Morgan fingerprint density at radius 1 is 0.967 bits per heavy atom. The smallest absolute Gasteiger partial charge is 0.253 e. The number of amides is 2. The van der Waals surface area contributed by atoms with Crippen LogP contribution in [-0.4, -0.2) is 42.5 Å². The molecule has 1 aliphatic rings. The van der Waals surface area contributed by atoms with Crippen LogP contribution in [0.2, 0.25) is 0 Å². The summed E-state index contributed by atoms with van der Waals surface area (Å²) in [5.41, 5.74) is 2.63. The molecule has 0 atom stereocenters. The fraction of sp³-hybridized carbons (Fsp3) is 0.440. The molecule has 5 nitrogen and oxygen atoms in total. The highest BCUT2D eigenvalue weighted by Gasteiger charge is 2.25. The van der Waals surface area contributed by atoms with Crippen molar-refractivity contribution in [2.75, 3.05) is 19.7 Å². The lowest BCUT2D eigenvalue weighted by Crippen LogP contribution is -2.46. The Morgan fingerprint density at radius 2 is 1.53 bits per heavy atom. The third kappa shape index (κ3) is 5.41. The van der Waals surface area contributed by atoms with Crippen LogP contribution in [0, 0.1) is 0 Å². The fourth-order valence-electron chi connectivity index (χ4n) is 3.66. The van der Waals surface area contributed by atoms with Crippen LogP contribution in [0.1, 0.15) is 66.8 Å². The molecule has 0 radical (unpaired) electrons. The van der Waals surface area contributed by atoms with Crippen molar-refractivity contribution in [2.24, 2.45) is 0 Å². The molecule has 2 aromatic carbocycles. The third-order valence-electron chi connectivity index (χ3n) is 5.54. The van der Waals surface area contributed by atoms with Gasteiger partial charge in [-0.25, -0.2) is 0 Å². The number of carbonyl (C=O) groups is 2. The van der Waals surface area contributed by atoms with E-state index < -0.39 is 0 Å². The SMILES string of the molecule is CCOc1ccc(C(=O)NC2CCN(C(=O)c3ccc(C(C)(C)C)cc3)CC2)cc1. The Balaban J connectivity index is 1.51. The second-order valence-corrected chi connectivity index (χ2v) is 8.82. The number of piperidine rings is 1. The molecule has 30 heavy (non-hydrogen) atoms. The maximum absolute atomic E-state index is 12.8. The monoisotopic (exact) mass is 408 g/mol. The van der Waals surface area contributed by atoms with Crippen molar-refractivity contribution in [1.82, 2.24) is 10.2 Å². The van der Waals surface area contributed by atoms with E-state index in [1.165, 1.54) is 5.56 Å². The molecule has 3 rings (SSSR count). The van der Waals surface area contributed by atoms with Crippen LogP contribution in [0.3, 0.4) is 0 Å². The first-order valence-electron chi connectivity index (χ1n) is 10.7. The van der Waals surface area contributed by atoms with Crippen molar-refractivity contribution in [3.8, 4) is 5.75 Å². The summed E-state index contributed by atoms with van der Waals surface area (Å²) in [6.45, 7) is 10.3. The molecule has 1 heterocycles. The molecule has 160 valence electrons. The van der Waals surface area contributed by atoms with Crippen molar-refractivity contribution in [3.05, 3.63) is 65.2 Å². The molecular formula is C25H32N2O3. The minimum atomic E-state index is -0.0828. The average molecular weight is 409 g/mol. The number of rotatable bonds is 5. The lowest BCUT2D eigenvalue weighted by atomic mass is 9.86. The van der Waals surface area contributed by atoms with Gasteiger partial charge >= 0.3 is 0 Å². The van der Waals surface area contributed by atoms with Crippen LogP contribution in [0.4, 0.5) is 0 Å². The van der Waals surface area contributed by atoms with E-state index in [9.17, 15) is 9.59 Å². The highest BCUT2D eigenvalue weighted by molar-refractivity contribution is 5.95. The van der Waals surface area contributed by atoms with Gasteiger partial charge in [-0.1, -0.05) is 32.9 Å². The quantitative estimate of drug-likeness (QED) is 0.797. The third-order valence-corrected chi connectivity index (χ3v) is 5.54. The number of hydrogen-bond acceptors (Lipinski definition) is 3. The zero-order valence-corrected chi connectivity index (χ0v) is 18.4. The first-order chi connectivity index (χ1) is 14.3. The topological polar surface area (TPSA) is 58.6 Å². The molecule has 0 saturated carbocycles. The summed E-state index contributed by atoms with van der Waals surface area (Å²) < 4.78 is 5.42. The molecule has 1 N–H and O–H groups in total. The molecule has 1 aliphatic heterocycles. The molecule has 2 amide bonds. The summed E-state index contributed by atoms with van der Waals surface area (Å²) in [6.07, 6.45) is 1.52. The highest BCUT2D eigenvalue weighted by Crippen LogP contribution is 2.23. The summed E-state index contributed by atoms with van der Waals surface area (Å²) in [6, 6.07) is 15.2. The van der Waals surface area contributed by atoms with E-state index >= 15 is 0 Å². The zero-order valence-electron chi connectivity index (χ0n) is 18.4. The molecule has 5 heteroatoms. The molecule has 0 bridgehead atoms. The largest absolute Gasteiger partial charge is 0.494 e. The van der Waals surface area contributed by atoms with Crippen molar-refractivity contribution in [1.29, 1.82) is 0 Å². The standard InChI is InChI=1S/C25H32N2O3/c1-5-30-22-12-8-18(9-13-22)23(28)26-21-14-16-27(17-15-21)24(29)19-6-10-20(11-7-19)25(2,3)4/h6-13,21H,5,14-17H2,1-4H3,(H,26,28). The number of ether oxygens (including phenoxy) is 1. The van der Waals surface area contributed by atoms with Crippen molar-refractivity contribution in [2.45, 2.75) is 52.0 Å². The highest BCUT2D eigenvalue weighted by atomic mass is 16.5. The van der Waals surface area contributed by atoms with Gasteiger partial charge < -0.3 is 15.0 Å². The first-order valence-corrected chi connectivity index (χ1v) is 10.7. The van der Waals surface area contributed by atoms with Gasteiger partial charge in [0.2, 0.25) is 0 Å². The van der Waals surface area contributed by atoms with Crippen molar-refractivity contribution >= 4 is 11.8 Å². The minimum absolute atomic E-state index is 0.0618. The molecule has 0 spiro atoms. The number of benzene rings is 2. The predicted molar refractivity (Wildman–Crippen MR) is 119 cm³/mol. The van der Waals surface area contributed by atoms with Gasteiger partial charge in [-0.15, -0.1) is 0 Å². The van der Waals surface area contributed by atoms with Crippen LogP contribution >= 0.6 is 0 Å². The van der Waals surface area contributed by atoms with E-state index in [-0.39, 0.29) is 23.3 Å². The van der Waals surface area contributed by atoms with E-state index in [0.717, 1.165) is 24.2 Å². The fourth-order valence-corrected chi connectivity index (χ4v) is 3.66. The molecule has 1 saturated heterocycles. The summed E-state index contributed by atoms with van der Waals surface area (Å²) in [5, 5.41) is 3.09. The van der Waals surface area contributed by atoms with E-state index in [1.807, 2.05) is 48.2 Å². The van der Waals surface area contributed by atoms with Crippen LogP contribution in [0.5, 0.6) is 5.75 Å². The molecule has 1 fully saturated rings. The van der Waals surface area contributed by atoms with Gasteiger partial charge in [-0.3, -0.25) is 9.59 Å². The summed E-state index contributed by atoms with van der Waals surface area (Å²) in [4.78, 5) is 27.2. The number of carbonyl (C=O) groups excluding carboxylic acids is 2. The van der Waals surface area contributed by atoms with Gasteiger partial charge in [0, 0.05) is 30.3 Å². The Morgan fingerprint density at radius 3 is 2.07 bits per heavy atom. The molecule has 0 unspecified atom stereocenters. The maximum atomic E-state index is 12.8. The van der Waals surface area contributed by atoms with Crippen molar-refractivity contribution in [3.63, 3.8) is 0 Å². The van der Waals surface area contributed by atoms with Gasteiger partial charge in [-0.05, 0) is 67.1 Å². The molecule has 0 aromatic heterocycles. The lowest BCUT2D eigenvalue weighted by Gasteiger charge is -2.32. The maximum Gasteiger partial charge on any atom is 0.253 e. The number of nitrogens with one attached hydrogen (secondary N) is 1. The Labute approximate surface area is 179 Å². The summed E-state index contributed by atoms with van der Waals surface area (Å²) >= 11 is 0. The summed E-state index contributed by atoms with van der Waals surface area (Å²) in [5.74, 6) is 0.740. The number of nitrogens with zero attached hydrogens (tertiary/aromatic N) is 1. The van der Waals surface area contributed by atoms with Gasteiger partial charge in [0.1, 0.15) is 5.75 Å². The Bertz CT molecular complexity index is 859. The predicted octanol–water partition coefficient (Wildman–Crippen LogP) is 4.42. The lowest BCUT2D eigenvalue weighted by molar-refractivity contribution is 0.0698. The number of likely N-dealkylation sites (tertiary alicyclic amines) is 1. The van der Waals surface area contributed by atoms with E-state index in [1.54, 1.807) is 12.1 Å². The second kappa shape index (κ2) is 9.33. The Hall–Kier alpha value is -2.82. The Kier molecular flexibility index (Phi) is 6.80. The summed E-state index contributed by atoms with van der Waals surface area (Å²) in [7, 11) is 0. The van der Waals surface area contributed by atoms with E-state index in [4.69, 9.17) is 4.74 Å². The zero-order chi connectivity index (χ0) is 21.7. The van der Waals surface area contributed by atoms with Crippen LogP contribution in [-0.2, 0) is 5.41 Å². The van der Waals surface area contributed by atoms with Crippen molar-refractivity contribution < 1.29 is 14.3 Å². The molecular weight excluding hydrogens is 376 g/mol. The molecule has 0 aliphatic carbocycles. The van der Waals surface area contributed by atoms with Gasteiger partial charge in [0.05, 0.1) is 6.61 Å². The van der Waals surface area contributed by atoms with Crippen LogP contribution in [0.25, 0.3) is 0 Å². The van der Waals surface area contributed by atoms with Gasteiger partial charge in [0.15, 0.2) is 0 Å². The average Bonchev–Trinajstić information content (AvgIpc) is 2.74. The van der Waals surface area contributed by atoms with Crippen LogP contribution in [0.15, 0.2) is 48.5 Å². The molecule has 2 aromatic rings. The minimum Gasteiger partial charge on any atom is -0.494 e.